The van der Waals surface area contributed by atoms with Gasteiger partial charge in [0.2, 0.25) is 0 Å². The molecule has 0 unspecified atom stereocenters. The molecule has 1 rings (SSSR count). The van der Waals surface area contributed by atoms with Gasteiger partial charge < -0.3 is 16.4 Å². The highest BCUT2D eigenvalue weighted by atomic mass is 35.5. The first-order valence-corrected chi connectivity index (χ1v) is 5.05. The van der Waals surface area contributed by atoms with Crippen molar-refractivity contribution < 1.29 is 0 Å². The Morgan fingerprint density at radius 2 is 1.94 bits per heavy atom. The second-order valence-corrected chi connectivity index (χ2v) is 3.44. The smallest absolute Gasteiger partial charge is 0.192 e. The summed E-state index contributed by atoms with van der Waals surface area (Å²) in [6.45, 7) is 5.23. The zero-order valence-electron chi connectivity index (χ0n) is 10.0. The molecule has 17 heavy (non-hydrogen) atoms. The summed E-state index contributed by atoms with van der Waals surface area (Å²) < 4.78 is 0. The van der Waals surface area contributed by atoms with Gasteiger partial charge in [0.1, 0.15) is 0 Å². The van der Waals surface area contributed by atoms with Crippen LogP contribution in [0.3, 0.4) is 0 Å². The van der Waals surface area contributed by atoms with Crippen LogP contribution in [-0.4, -0.2) is 12.5 Å². The van der Waals surface area contributed by atoms with Crippen molar-refractivity contribution in [3.05, 3.63) is 29.3 Å². The summed E-state index contributed by atoms with van der Waals surface area (Å²) >= 11 is 0. The highest BCUT2D eigenvalue weighted by Crippen LogP contribution is 2.13. The summed E-state index contributed by atoms with van der Waals surface area (Å²) in [6, 6.07) is 5.99. The molecule has 0 amide bonds. The van der Waals surface area contributed by atoms with Crippen LogP contribution in [0.25, 0.3) is 0 Å². The molecule has 0 atom stereocenters. The van der Waals surface area contributed by atoms with Crippen LogP contribution in [0.2, 0.25) is 0 Å². The van der Waals surface area contributed by atoms with Crippen molar-refractivity contribution in [2.45, 2.75) is 20.4 Å². The van der Waals surface area contributed by atoms with E-state index in [4.69, 9.17) is 11.1 Å². The van der Waals surface area contributed by atoms with E-state index in [1.807, 2.05) is 32.0 Å². The van der Waals surface area contributed by atoms with E-state index in [0.29, 0.717) is 12.5 Å². The van der Waals surface area contributed by atoms with Crippen LogP contribution in [0, 0.1) is 12.3 Å². The fourth-order valence-corrected chi connectivity index (χ4v) is 1.42. The molecule has 0 heterocycles. The lowest BCUT2D eigenvalue weighted by molar-refractivity contribution is 0.953. The quantitative estimate of drug-likeness (QED) is 0.506. The largest absolute Gasteiger partial charge is 0.357 e. The third kappa shape index (κ3) is 6.36. The maximum atomic E-state index is 7.57. The number of hydrogen-bond acceptors (Lipinski definition) is 2. The molecule has 0 saturated heterocycles. The second kappa shape index (κ2) is 9.10. The van der Waals surface area contributed by atoms with E-state index in [9.17, 15) is 0 Å². The van der Waals surface area contributed by atoms with E-state index in [0.717, 1.165) is 23.4 Å². The minimum absolute atomic E-state index is 0. The Morgan fingerprint density at radius 3 is 2.47 bits per heavy atom. The summed E-state index contributed by atoms with van der Waals surface area (Å²) in [5, 5.41) is 13.4. The fraction of sp³-hybridized carbons (Fsp3) is 0.364. The van der Waals surface area contributed by atoms with Crippen molar-refractivity contribution in [2.75, 3.05) is 11.9 Å². The number of benzene rings is 1. The molecule has 6 heteroatoms. The molecule has 98 valence electrons. The Labute approximate surface area is 115 Å². The molecule has 0 aliphatic heterocycles. The lowest BCUT2D eigenvalue weighted by atomic mass is 10.1. The summed E-state index contributed by atoms with van der Waals surface area (Å²) in [5.74, 6) is 0.311. The van der Waals surface area contributed by atoms with Gasteiger partial charge in [-0.05, 0) is 37.1 Å². The van der Waals surface area contributed by atoms with Gasteiger partial charge in [-0.1, -0.05) is 6.07 Å². The lowest BCUT2D eigenvalue weighted by Gasteiger charge is -2.10. The third-order valence-corrected chi connectivity index (χ3v) is 2.00. The van der Waals surface area contributed by atoms with E-state index in [1.54, 1.807) is 0 Å². The highest BCUT2D eigenvalue weighted by Gasteiger charge is 1.99. The number of hydrogen-bond donors (Lipinski definition) is 4. The summed E-state index contributed by atoms with van der Waals surface area (Å²) in [5.41, 5.74) is 8.70. The van der Waals surface area contributed by atoms with E-state index in [-0.39, 0.29) is 24.8 Å². The van der Waals surface area contributed by atoms with Crippen LogP contribution in [0.4, 0.5) is 5.69 Å². The Hall–Kier alpha value is -0.970. The SMILES string of the molecule is CCNC(=N)Nc1cc(C)cc(CN)c1.Cl.Cl. The van der Waals surface area contributed by atoms with Crippen LogP contribution in [0.1, 0.15) is 18.1 Å². The van der Waals surface area contributed by atoms with E-state index < -0.39 is 0 Å². The van der Waals surface area contributed by atoms with E-state index in [1.165, 1.54) is 0 Å². The highest BCUT2D eigenvalue weighted by molar-refractivity contribution is 5.91. The predicted molar refractivity (Wildman–Crippen MR) is 78.6 cm³/mol. The number of nitrogens with one attached hydrogen (secondary N) is 3. The molecule has 0 aromatic heterocycles. The molecule has 0 fully saturated rings. The molecule has 1 aromatic rings. The van der Waals surface area contributed by atoms with Crippen molar-refractivity contribution in [3.8, 4) is 0 Å². The second-order valence-electron chi connectivity index (χ2n) is 3.44. The first kappa shape index (κ1) is 18.4. The Bertz CT molecular complexity index is 355. The zero-order valence-corrected chi connectivity index (χ0v) is 11.7. The Morgan fingerprint density at radius 1 is 1.29 bits per heavy atom. The van der Waals surface area contributed by atoms with Gasteiger partial charge in [-0.2, -0.15) is 0 Å². The average Bonchev–Trinajstić information content (AvgIpc) is 2.17. The molecule has 5 N–H and O–H groups in total. The number of rotatable bonds is 3. The van der Waals surface area contributed by atoms with Crippen molar-refractivity contribution >= 4 is 36.5 Å². The summed E-state index contributed by atoms with van der Waals surface area (Å²) in [7, 11) is 0. The lowest BCUT2D eigenvalue weighted by Crippen LogP contribution is -2.29. The standard InChI is InChI=1S/C11H18N4.2ClH/c1-3-14-11(13)15-10-5-8(2)4-9(6-10)7-12;;/h4-6H,3,7,12H2,1-2H3,(H3,13,14,15);2*1H. The van der Waals surface area contributed by atoms with Crippen molar-refractivity contribution in [2.24, 2.45) is 5.73 Å². The number of guanidine groups is 1. The van der Waals surface area contributed by atoms with Crippen LogP contribution in [0.5, 0.6) is 0 Å². The van der Waals surface area contributed by atoms with Gasteiger partial charge in [0.25, 0.3) is 0 Å². The summed E-state index contributed by atoms with van der Waals surface area (Å²) in [6.07, 6.45) is 0. The molecular formula is C11H20Cl2N4. The first-order valence-electron chi connectivity index (χ1n) is 5.05. The van der Waals surface area contributed by atoms with E-state index >= 15 is 0 Å². The Balaban J connectivity index is 0. The van der Waals surface area contributed by atoms with E-state index in [2.05, 4.69) is 10.6 Å². The van der Waals surface area contributed by atoms with Gasteiger partial charge >= 0.3 is 0 Å². The molecule has 0 spiro atoms. The molecular weight excluding hydrogens is 259 g/mol. The molecule has 0 aliphatic carbocycles. The maximum absolute atomic E-state index is 7.57. The summed E-state index contributed by atoms with van der Waals surface area (Å²) in [4.78, 5) is 0. The number of halogens is 2. The van der Waals surface area contributed by atoms with Crippen molar-refractivity contribution in [3.63, 3.8) is 0 Å². The average molecular weight is 279 g/mol. The molecule has 0 radical (unpaired) electrons. The predicted octanol–water partition coefficient (Wildman–Crippen LogP) is 2.25. The normalized spacial score (nSPS) is 8.65. The minimum Gasteiger partial charge on any atom is -0.357 e. The number of anilines is 1. The van der Waals surface area contributed by atoms with Crippen LogP contribution >= 0.6 is 24.8 Å². The number of aryl methyl sites for hydroxylation is 1. The third-order valence-electron chi connectivity index (χ3n) is 2.00. The van der Waals surface area contributed by atoms with Crippen molar-refractivity contribution in [1.29, 1.82) is 5.41 Å². The fourth-order valence-electron chi connectivity index (χ4n) is 1.42. The van der Waals surface area contributed by atoms with Gasteiger partial charge in [-0.25, -0.2) is 0 Å². The van der Waals surface area contributed by atoms with Crippen LogP contribution in [0.15, 0.2) is 18.2 Å². The molecule has 4 nitrogen and oxygen atoms in total. The van der Waals surface area contributed by atoms with Gasteiger partial charge in [0.15, 0.2) is 5.96 Å². The minimum atomic E-state index is 0. The topological polar surface area (TPSA) is 73.9 Å². The van der Waals surface area contributed by atoms with Crippen molar-refractivity contribution in [1.82, 2.24) is 5.32 Å². The van der Waals surface area contributed by atoms with Crippen LogP contribution in [-0.2, 0) is 6.54 Å². The molecule has 0 aliphatic rings. The van der Waals surface area contributed by atoms with Crippen LogP contribution < -0.4 is 16.4 Å². The zero-order chi connectivity index (χ0) is 11.3. The van der Waals surface area contributed by atoms with Gasteiger partial charge in [0, 0.05) is 18.8 Å². The monoisotopic (exact) mass is 278 g/mol. The molecule has 1 aromatic carbocycles. The number of nitrogens with two attached hydrogens (primary N) is 1. The van der Waals surface area contributed by atoms with Gasteiger partial charge in [-0.3, -0.25) is 5.41 Å². The van der Waals surface area contributed by atoms with Gasteiger partial charge in [-0.15, -0.1) is 24.8 Å². The maximum Gasteiger partial charge on any atom is 0.192 e. The van der Waals surface area contributed by atoms with Gasteiger partial charge in [0.05, 0.1) is 0 Å². The molecule has 0 bridgehead atoms. The molecule has 0 saturated carbocycles. The Kier molecular flexibility index (Phi) is 9.85. The first-order chi connectivity index (χ1) is 7.15.